The number of nitrogens with two attached hydrogens (primary N) is 1. The summed E-state index contributed by atoms with van der Waals surface area (Å²) in [6, 6.07) is 1.80. The van der Waals surface area contributed by atoms with E-state index in [0.29, 0.717) is 0 Å². The molecule has 4 nitrogen and oxygen atoms in total. The number of aryl methyl sites for hydroxylation is 1. The van der Waals surface area contributed by atoms with Gasteiger partial charge in [0.2, 0.25) is 0 Å². The van der Waals surface area contributed by atoms with Gasteiger partial charge in [0.25, 0.3) is 0 Å². The van der Waals surface area contributed by atoms with E-state index in [1.165, 1.54) is 0 Å². The summed E-state index contributed by atoms with van der Waals surface area (Å²) in [4.78, 5) is 0. The zero-order valence-electron chi connectivity index (χ0n) is 7.51. The smallest absolute Gasteiger partial charge is 0.154 e. The average Bonchev–Trinajstić information content (AvgIpc) is 2.73. The van der Waals surface area contributed by atoms with Crippen molar-refractivity contribution in [3.63, 3.8) is 0 Å². The highest BCUT2D eigenvalue weighted by Crippen LogP contribution is 2.26. The fourth-order valence-corrected chi connectivity index (χ4v) is 2.42. The first-order valence-corrected chi connectivity index (χ1v) is 5.69. The van der Waals surface area contributed by atoms with Crippen LogP contribution in [0.5, 0.6) is 0 Å². The van der Waals surface area contributed by atoms with Gasteiger partial charge in [0.05, 0.1) is 9.83 Å². The van der Waals surface area contributed by atoms with Gasteiger partial charge in [-0.15, -0.1) is 21.5 Å². The summed E-state index contributed by atoms with van der Waals surface area (Å²) in [5.74, 6) is 0.773. The highest BCUT2D eigenvalue weighted by Gasteiger charge is 2.15. The third-order valence-corrected chi connectivity index (χ3v) is 3.49. The Morgan fingerprint density at radius 2 is 2.43 bits per heavy atom. The predicted molar refractivity (Wildman–Crippen MR) is 59.1 cm³/mol. The first-order chi connectivity index (χ1) is 6.68. The van der Waals surface area contributed by atoms with Crippen LogP contribution in [0.25, 0.3) is 0 Å². The third-order valence-electron chi connectivity index (χ3n) is 1.97. The summed E-state index contributed by atoms with van der Waals surface area (Å²) < 4.78 is 2.90. The van der Waals surface area contributed by atoms with Gasteiger partial charge in [-0.2, -0.15) is 0 Å². The first-order valence-electron chi connectivity index (χ1n) is 4.02. The van der Waals surface area contributed by atoms with E-state index < -0.39 is 0 Å². The summed E-state index contributed by atoms with van der Waals surface area (Å²) in [7, 11) is 1.89. The van der Waals surface area contributed by atoms with Gasteiger partial charge in [0.15, 0.2) is 5.82 Å². The van der Waals surface area contributed by atoms with E-state index in [1.807, 2.05) is 23.1 Å². The summed E-state index contributed by atoms with van der Waals surface area (Å²) in [5, 5.41) is 9.80. The third kappa shape index (κ3) is 1.73. The van der Waals surface area contributed by atoms with Crippen LogP contribution in [-0.2, 0) is 7.05 Å². The van der Waals surface area contributed by atoms with E-state index in [2.05, 4.69) is 26.1 Å². The van der Waals surface area contributed by atoms with Gasteiger partial charge in [0.1, 0.15) is 6.33 Å². The molecule has 0 amide bonds. The zero-order chi connectivity index (χ0) is 10.1. The lowest BCUT2D eigenvalue weighted by Gasteiger charge is -2.07. The van der Waals surface area contributed by atoms with E-state index in [0.717, 1.165) is 15.2 Å². The van der Waals surface area contributed by atoms with Gasteiger partial charge in [-0.1, -0.05) is 0 Å². The molecule has 74 valence electrons. The summed E-state index contributed by atoms with van der Waals surface area (Å²) in [5.41, 5.74) is 7.09. The molecule has 0 saturated heterocycles. The zero-order valence-corrected chi connectivity index (χ0v) is 9.92. The maximum atomic E-state index is 6.04. The van der Waals surface area contributed by atoms with Crippen molar-refractivity contribution in [1.29, 1.82) is 0 Å². The Bertz CT molecular complexity index is 436. The van der Waals surface area contributed by atoms with Crippen molar-refractivity contribution in [1.82, 2.24) is 14.8 Å². The van der Waals surface area contributed by atoms with Crippen LogP contribution in [0.2, 0.25) is 0 Å². The number of thiophene rings is 1. The van der Waals surface area contributed by atoms with Crippen LogP contribution in [0, 0.1) is 0 Å². The largest absolute Gasteiger partial charge is 0.319 e. The van der Waals surface area contributed by atoms with Crippen molar-refractivity contribution < 1.29 is 0 Å². The van der Waals surface area contributed by atoms with Crippen molar-refractivity contribution >= 4 is 27.3 Å². The second kappa shape index (κ2) is 3.80. The molecule has 2 aromatic heterocycles. The average molecular weight is 273 g/mol. The molecule has 0 aromatic carbocycles. The van der Waals surface area contributed by atoms with Gasteiger partial charge >= 0.3 is 0 Å². The van der Waals surface area contributed by atoms with E-state index in [-0.39, 0.29) is 6.04 Å². The van der Waals surface area contributed by atoms with Crippen LogP contribution >= 0.6 is 27.3 Å². The Labute approximate surface area is 93.9 Å². The van der Waals surface area contributed by atoms with Gasteiger partial charge in [-0.25, -0.2) is 0 Å². The van der Waals surface area contributed by atoms with Crippen molar-refractivity contribution in [3.05, 3.63) is 32.9 Å². The second-order valence-corrected chi connectivity index (χ2v) is 5.25. The molecule has 0 fully saturated rings. The minimum atomic E-state index is -0.204. The number of hydrogen-bond donors (Lipinski definition) is 1. The second-order valence-electron chi connectivity index (χ2n) is 2.96. The highest BCUT2D eigenvalue weighted by atomic mass is 79.9. The molecule has 0 saturated carbocycles. The molecule has 0 radical (unpaired) electrons. The van der Waals surface area contributed by atoms with Crippen LogP contribution in [0.4, 0.5) is 0 Å². The lowest BCUT2D eigenvalue weighted by molar-refractivity contribution is 0.716. The van der Waals surface area contributed by atoms with Crippen LogP contribution < -0.4 is 5.73 Å². The first kappa shape index (κ1) is 9.82. The van der Waals surface area contributed by atoms with Crippen molar-refractivity contribution in [2.75, 3.05) is 0 Å². The molecule has 2 rings (SSSR count). The topological polar surface area (TPSA) is 56.7 Å². The van der Waals surface area contributed by atoms with Gasteiger partial charge in [-0.05, 0) is 32.9 Å². The summed E-state index contributed by atoms with van der Waals surface area (Å²) >= 11 is 5.02. The minimum Gasteiger partial charge on any atom is -0.319 e. The number of rotatable bonds is 2. The number of nitrogens with zero attached hydrogens (tertiary/aromatic N) is 3. The lowest BCUT2D eigenvalue weighted by Crippen LogP contribution is -2.15. The Morgan fingerprint density at radius 1 is 1.64 bits per heavy atom. The quantitative estimate of drug-likeness (QED) is 0.905. The lowest BCUT2D eigenvalue weighted by atomic mass is 10.1. The molecule has 14 heavy (non-hydrogen) atoms. The van der Waals surface area contributed by atoms with E-state index in [4.69, 9.17) is 5.73 Å². The summed E-state index contributed by atoms with van der Waals surface area (Å²) in [6.45, 7) is 0. The van der Waals surface area contributed by atoms with Gasteiger partial charge < -0.3 is 10.3 Å². The Hall–Kier alpha value is -0.720. The maximum Gasteiger partial charge on any atom is 0.154 e. The van der Waals surface area contributed by atoms with Crippen LogP contribution in [0.3, 0.4) is 0 Å². The van der Waals surface area contributed by atoms with Crippen molar-refractivity contribution in [3.8, 4) is 0 Å². The molecule has 2 aromatic rings. The summed E-state index contributed by atoms with van der Waals surface area (Å²) in [6.07, 6.45) is 1.65. The molecule has 0 aliphatic rings. The monoisotopic (exact) mass is 272 g/mol. The molecule has 6 heteroatoms. The molecular weight excluding hydrogens is 264 g/mol. The van der Waals surface area contributed by atoms with E-state index in [1.54, 1.807) is 17.7 Å². The van der Waals surface area contributed by atoms with E-state index >= 15 is 0 Å². The molecule has 1 unspecified atom stereocenters. The molecule has 0 bridgehead atoms. The SMILES string of the molecule is Cn1cnnc1C(N)c1csc(Br)c1. The van der Waals surface area contributed by atoms with E-state index in [9.17, 15) is 0 Å². The molecule has 1 atom stereocenters. The maximum absolute atomic E-state index is 6.04. The standard InChI is InChI=1S/C8H9BrN4S/c1-13-4-11-12-8(13)7(10)5-2-6(9)14-3-5/h2-4,7H,10H2,1H3. The molecule has 2 N–H and O–H groups in total. The number of aromatic nitrogens is 3. The molecule has 2 heterocycles. The molecule has 0 aliphatic carbocycles. The van der Waals surface area contributed by atoms with Gasteiger partial charge in [0, 0.05) is 7.05 Å². The van der Waals surface area contributed by atoms with Crippen LogP contribution in [-0.4, -0.2) is 14.8 Å². The molecule has 0 aliphatic heterocycles. The minimum absolute atomic E-state index is 0.204. The van der Waals surface area contributed by atoms with Crippen molar-refractivity contribution in [2.24, 2.45) is 12.8 Å². The fraction of sp³-hybridized carbons (Fsp3) is 0.250. The number of halogens is 1. The highest BCUT2D eigenvalue weighted by molar-refractivity contribution is 9.11. The Morgan fingerprint density at radius 3 is 2.93 bits per heavy atom. The number of hydrogen-bond acceptors (Lipinski definition) is 4. The van der Waals surface area contributed by atoms with Crippen LogP contribution in [0.1, 0.15) is 17.4 Å². The van der Waals surface area contributed by atoms with Crippen LogP contribution in [0.15, 0.2) is 21.6 Å². The Kier molecular flexibility index (Phi) is 2.66. The van der Waals surface area contributed by atoms with Crippen molar-refractivity contribution in [2.45, 2.75) is 6.04 Å². The normalized spacial score (nSPS) is 13.1. The van der Waals surface area contributed by atoms with Gasteiger partial charge in [-0.3, -0.25) is 0 Å². The molecule has 0 spiro atoms. The molecular formula is C8H9BrN4S. The fourth-order valence-electron chi connectivity index (χ4n) is 1.21. The predicted octanol–water partition coefficient (Wildman–Crippen LogP) is 1.69. The Balaban J connectivity index is 2.33.